The zero-order valence-corrected chi connectivity index (χ0v) is 14.5. The van der Waals surface area contributed by atoms with Crippen molar-refractivity contribution >= 4 is 12.1 Å². The van der Waals surface area contributed by atoms with Crippen LogP contribution in [0, 0.1) is 11.8 Å². The van der Waals surface area contributed by atoms with Crippen LogP contribution < -0.4 is 5.32 Å². The number of carbonyl (C=O) groups excluding carboxylic acids is 2. The van der Waals surface area contributed by atoms with Crippen molar-refractivity contribution in [1.82, 2.24) is 10.2 Å². The SMILES string of the molecule is COC(=O)C[C@@H]1CCN(C)CC[C@H]1CNC(=O)OC(C)(C)C. The highest BCUT2D eigenvalue weighted by Gasteiger charge is 2.28. The molecule has 0 aliphatic carbocycles. The highest BCUT2D eigenvalue weighted by atomic mass is 16.6. The van der Waals surface area contributed by atoms with E-state index in [0.717, 1.165) is 25.9 Å². The lowest BCUT2D eigenvalue weighted by Gasteiger charge is -2.25. The van der Waals surface area contributed by atoms with Crippen LogP contribution in [0.2, 0.25) is 0 Å². The predicted octanol–water partition coefficient (Wildman–Crippen LogP) is 2.03. The van der Waals surface area contributed by atoms with Gasteiger partial charge in [0.1, 0.15) is 5.60 Å². The molecule has 0 saturated carbocycles. The summed E-state index contributed by atoms with van der Waals surface area (Å²) in [6, 6.07) is 0. The van der Waals surface area contributed by atoms with Crippen molar-refractivity contribution in [3.63, 3.8) is 0 Å². The zero-order chi connectivity index (χ0) is 16.8. The molecule has 128 valence electrons. The molecule has 1 saturated heterocycles. The molecule has 1 heterocycles. The molecule has 1 N–H and O–H groups in total. The van der Waals surface area contributed by atoms with Crippen LogP contribution in [0.5, 0.6) is 0 Å². The smallest absolute Gasteiger partial charge is 0.407 e. The molecular formula is C16H30N2O4. The summed E-state index contributed by atoms with van der Waals surface area (Å²) < 4.78 is 10.1. The van der Waals surface area contributed by atoms with Gasteiger partial charge in [-0.05, 0) is 65.6 Å². The molecule has 2 atom stereocenters. The number of esters is 1. The summed E-state index contributed by atoms with van der Waals surface area (Å²) >= 11 is 0. The summed E-state index contributed by atoms with van der Waals surface area (Å²) in [6.45, 7) is 7.99. The van der Waals surface area contributed by atoms with Crippen LogP contribution in [-0.4, -0.2) is 56.4 Å². The number of amides is 1. The van der Waals surface area contributed by atoms with Gasteiger partial charge in [-0.25, -0.2) is 4.79 Å². The van der Waals surface area contributed by atoms with Gasteiger partial charge in [-0.15, -0.1) is 0 Å². The number of rotatable bonds is 4. The summed E-state index contributed by atoms with van der Waals surface area (Å²) in [4.78, 5) is 25.7. The molecule has 1 fully saturated rings. The fourth-order valence-electron chi connectivity index (χ4n) is 2.72. The monoisotopic (exact) mass is 314 g/mol. The molecule has 1 aliphatic heterocycles. The Kier molecular flexibility index (Phi) is 7.13. The third kappa shape index (κ3) is 7.11. The van der Waals surface area contributed by atoms with Crippen molar-refractivity contribution < 1.29 is 19.1 Å². The van der Waals surface area contributed by atoms with Crippen molar-refractivity contribution in [2.24, 2.45) is 11.8 Å². The second-order valence-electron chi connectivity index (χ2n) is 7.06. The quantitative estimate of drug-likeness (QED) is 0.804. The maximum Gasteiger partial charge on any atom is 0.407 e. The Morgan fingerprint density at radius 2 is 1.77 bits per heavy atom. The molecule has 0 aromatic carbocycles. The Balaban J connectivity index is 2.57. The fourth-order valence-corrected chi connectivity index (χ4v) is 2.72. The number of nitrogens with one attached hydrogen (secondary N) is 1. The molecule has 0 aromatic rings. The van der Waals surface area contributed by atoms with Crippen LogP contribution in [0.15, 0.2) is 0 Å². The molecule has 6 heteroatoms. The first-order valence-electron chi connectivity index (χ1n) is 7.93. The van der Waals surface area contributed by atoms with Gasteiger partial charge in [0.2, 0.25) is 0 Å². The Bertz CT molecular complexity index is 379. The van der Waals surface area contributed by atoms with Gasteiger partial charge in [-0.2, -0.15) is 0 Å². The summed E-state index contributed by atoms with van der Waals surface area (Å²) in [7, 11) is 3.50. The summed E-state index contributed by atoms with van der Waals surface area (Å²) in [5, 5.41) is 2.84. The van der Waals surface area contributed by atoms with E-state index in [0.29, 0.717) is 13.0 Å². The Morgan fingerprint density at radius 3 is 2.32 bits per heavy atom. The second-order valence-corrected chi connectivity index (χ2v) is 7.06. The molecule has 1 rings (SSSR count). The van der Waals surface area contributed by atoms with Gasteiger partial charge < -0.3 is 19.7 Å². The molecule has 6 nitrogen and oxygen atoms in total. The van der Waals surface area contributed by atoms with Crippen molar-refractivity contribution in [2.75, 3.05) is 33.8 Å². The standard InChI is InChI=1S/C16H30N2O4/c1-16(2,3)22-15(20)17-11-13-7-9-18(4)8-6-12(13)10-14(19)21-5/h12-13H,6-11H2,1-5H3,(H,17,20)/t12-,13-/m0/s1. The van der Waals surface area contributed by atoms with Crippen molar-refractivity contribution in [2.45, 2.75) is 45.6 Å². The number of carbonyl (C=O) groups is 2. The molecule has 0 unspecified atom stereocenters. The van der Waals surface area contributed by atoms with Gasteiger partial charge in [0, 0.05) is 13.0 Å². The van der Waals surface area contributed by atoms with E-state index in [4.69, 9.17) is 9.47 Å². The predicted molar refractivity (Wildman–Crippen MR) is 84.6 cm³/mol. The van der Waals surface area contributed by atoms with E-state index < -0.39 is 11.7 Å². The summed E-state index contributed by atoms with van der Waals surface area (Å²) in [6.07, 6.45) is 1.90. The van der Waals surface area contributed by atoms with Crippen LogP contribution in [0.1, 0.15) is 40.0 Å². The molecular weight excluding hydrogens is 284 g/mol. The van der Waals surface area contributed by atoms with E-state index in [1.807, 2.05) is 20.8 Å². The first-order valence-corrected chi connectivity index (χ1v) is 7.93. The number of methoxy groups -OCH3 is 1. The van der Waals surface area contributed by atoms with E-state index in [-0.39, 0.29) is 17.8 Å². The lowest BCUT2D eigenvalue weighted by Crippen LogP contribution is -2.37. The number of alkyl carbamates (subject to hydrolysis) is 1. The number of ether oxygens (including phenoxy) is 2. The molecule has 0 radical (unpaired) electrons. The van der Waals surface area contributed by atoms with Gasteiger partial charge in [-0.1, -0.05) is 0 Å². The average molecular weight is 314 g/mol. The van der Waals surface area contributed by atoms with Gasteiger partial charge in [0.05, 0.1) is 7.11 Å². The van der Waals surface area contributed by atoms with Crippen molar-refractivity contribution in [1.29, 1.82) is 0 Å². The Labute approximate surface area is 133 Å². The van der Waals surface area contributed by atoms with Crippen LogP contribution in [0.3, 0.4) is 0 Å². The molecule has 0 spiro atoms. The normalized spacial score (nSPS) is 23.5. The molecule has 1 amide bonds. The number of nitrogens with zero attached hydrogens (tertiary/aromatic N) is 1. The lowest BCUT2D eigenvalue weighted by molar-refractivity contribution is -0.142. The summed E-state index contributed by atoms with van der Waals surface area (Å²) in [5.74, 6) is 0.306. The maximum atomic E-state index is 11.8. The third-order valence-electron chi connectivity index (χ3n) is 3.99. The highest BCUT2D eigenvalue weighted by molar-refractivity contribution is 5.69. The minimum Gasteiger partial charge on any atom is -0.469 e. The number of hydrogen-bond donors (Lipinski definition) is 1. The highest BCUT2D eigenvalue weighted by Crippen LogP contribution is 2.26. The minimum absolute atomic E-state index is 0.183. The van der Waals surface area contributed by atoms with Gasteiger partial charge >= 0.3 is 12.1 Å². The van der Waals surface area contributed by atoms with Crippen LogP contribution in [-0.2, 0) is 14.3 Å². The first-order chi connectivity index (χ1) is 10.2. The van der Waals surface area contributed by atoms with Crippen molar-refractivity contribution in [3.05, 3.63) is 0 Å². The third-order valence-corrected chi connectivity index (χ3v) is 3.99. The molecule has 0 aromatic heterocycles. The number of hydrogen-bond acceptors (Lipinski definition) is 5. The van der Waals surface area contributed by atoms with E-state index >= 15 is 0 Å². The zero-order valence-electron chi connectivity index (χ0n) is 14.5. The number of likely N-dealkylation sites (tertiary alicyclic amines) is 1. The second kappa shape index (κ2) is 8.36. The van der Waals surface area contributed by atoms with E-state index in [9.17, 15) is 9.59 Å². The molecule has 0 bridgehead atoms. The molecule has 1 aliphatic rings. The lowest BCUT2D eigenvalue weighted by atomic mass is 9.85. The van der Waals surface area contributed by atoms with E-state index in [1.54, 1.807) is 0 Å². The minimum atomic E-state index is -0.501. The van der Waals surface area contributed by atoms with E-state index in [1.165, 1.54) is 7.11 Å². The van der Waals surface area contributed by atoms with Gasteiger partial charge in [0.15, 0.2) is 0 Å². The fraction of sp³-hybridized carbons (Fsp3) is 0.875. The first kappa shape index (κ1) is 18.7. The largest absolute Gasteiger partial charge is 0.469 e. The van der Waals surface area contributed by atoms with Gasteiger partial charge in [0.25, 0.3) is 0 Å². The van der Waals surface area contributed by atoms with Crippen LogP contribution in [0.25, 0.3) is 0 Å². The van der Waals surface area contributed by atoms with Crippen molar-refractivity contribution in [3.8, 4) is 0 Å². The Hall–Kier alpha value is -1.30. The molecule has 22 heavy (non-hydrogen) atoms. The Morgan fingerprint density at radius 1 is 1.18 bits per heavy atom. The average Bonchev–Trinajstić information content (AvgIpc) is 2.57. The summed E-state index contributed by atoms with van der Waals surface area (Å²) in [5.41, 5.74) is -0.501. The van der Waals surface area contributed by atoms with Gasteiger partial charge in [-0.3, -0.25) is 4.79 Å². The van der Waals surface area contributed by atoms with E-state index in [2.05, 4.69) is 17.3 Å². The van der Waals surface area contributed by atoms with Crippen LogP contribution >= 0.6 is 0 Å². The topological polar surface area (TPSA) is 67.9 Å². The van der Waals surface area contributed by atoms with Crippen LogP contribution in [0.4, 0.5) is 4.79 Å². The maximum absolute atomic E-state index is 11.8.